The molecule has 2 heterocycles. The molecule has 8 nitrogen and oxygen atoms in total. The zero-order valence-corrected chi connectivity index (χ0v) is 20.6. The van der Waals surface area contributed by atoms with E-state index in [2.05, 4.69) is 4.90 Å². The van der Waals surface area contributed by atoms with Gasteiger partial charge in [-0.2, -0.15) is 4.31 Å². The number of carbonyl (C=O) groups excluding carboxylic acids is 1. The average Bonchev–Trinajstić information content (AvgIpc) is 2.88. The summed E-state index contributed by atoms with van der Waals surface area (Å²) in [4.78, 5) is 16.7. The summed E-state index contributed by atoms with van der Waals surface area (Å²) < 4.78 is 38.5. The lowest BCUT2D eigenvalue weighted by Gasteiger charge is -2.36. The Morgan fingerprint density at radius 1 is 1.03 bits per heavy atom. The van der Waals surface area contributed by atoms with Crippen molar-refractivity contribution >= 4 is 39.3 Å². The van der Waals surface area contributed by atoms with Crippen molar-refractivity contribution < 1.29 is 22.7 Å². The fraction of sp³-hybridized carbons (Fsp3) is 0.375. The highest BCUT2D eigenvalue weighted by molar-refractivity contribution is 7.89. The highest BCUT2D eigenvalue weighted by Crippen LogP contribution is 2.33. The smallest absolute Gasteiger partial charge is 0.246 e. The molecular formula is C24H28ClN3O5S. The third-order valence-corrected chi connectivity index (χ3v) is 8.24. The lowest BCUT2D eigenvalue weighted by molar-refractivity contribution is -0.126. The molecule has 2 aromatic rings. The quantitative estimate of drug-likeness (QED) is 0.562. The zero-order valence-electron chi connectivity index (χ0n) is 19.0. The SMILES string of the molecule is COc1ccc(S(=O)(=O)N2CCOCC2)cc1N1CCN(C(=O)/C=C/c2ccccc2Cl)CC1. The lowest BCUT2D eigenvalue weighted by atomic mass is 10.2. The second kappa shape index (κ2) is 10.8. The number of anilines is 1. The van der Waals surface area contributed by atoms with Gasteiger partial charge in [0.15, 0.2) is 0 Å². The highest BCUT2D eigenvalue weighted by Gasteiger charge is 2.29. The first-order chi connectivity index (χ1) is 16.4. The molecule has 10 heteroatoms. The van der Waals surface area contributed by atoms with Gasteiger partial charge >= 0.3 is 0 Å². The molecule has 2 aliphatic rings. The van der Waals surface area contributed by atoms with Crippen LogP contribution in [0.1, 0.15) is 5.56 Å². The molecule has 34 heavy (non-hydrogen) atoms. The van der Waals surface area contributed by atoms with Gasteiger partial charge in [0.1, 0.15) is 5.75 Å². The van der Waals surface area contributed by atoms with Crippen molar-refractivity contribution in [1.29, 1.82) is 0 Å². The molecule has 0 bridgehead atoms. The molecule has 2 saturated heterocycles. The van der Waals surface area contributed by atoms with Crippen molar-refractivity contribution in [3.63, 3.8) is 0 Å². The van der Waals surface area contributed by atoms with Gasteiger partial charge in [0.25, 0.3) is 0 Å². The number of hydrogen-bond acceptors (Lipinski definition) is 6. The lowest BCUT2D eigenvalue weighted by Crippen LogP contribution is -2.48. The Morgan fingerprint density at radius 2 is 1.74 bits per heavy atom. The van der Waals surface area contributed by atoms with Crippen molar-refractivity contribution in [3.05, 3.63) is 59.1 Å². The van der Waals surface area contributed by atoms with E-state index in [9.17, 15) is 13.2 Å². The van der Waals surface area contributed by atoms with Crippen LogP contribution in [-0.2, 0) is 19.6 Å². The minimum atomic E-state index is -3.62. The summed E-state index contributed by atoms with van der Waals surface area (Å²) in [6.07, 6.45) is 3.26. The first kappa shape index (κ1) is 24.5. The van der Waals surface area contributed by atoms with Gasteiger partial charge in [-0.25, -0.2) is 8.42 Å². The summed E-state index contributed by atoms with van der Waals surface area (Å²) in [7, 11) is -2.06. The molecule has 0 radical (unpaired) electrons. The number of benzene rings is 2. The molecule has 0 aromatic heterocycles. The number of rotatable bonds is 6. The molecule has 2 aromatic carbocycles. The van der Waals surface area contributed by atoms with Gasteiger partial charge in [-0.15, -0.1) is 0 Å². The summed E-state index contributed by atoms with van der Waals surface area (Å²) >= 11 is 6.16. The van der Waals surface area contributed by atoms with Crippen LogP contribution in [-0.4, -0.2) is 83.1 Å². The van der Waals surface area contributed by atoms with Crippen LogP contribution in [0.15, 0.2) is 53.4 Å². The molecular weight excluding hydrogens is 478 g/mol. The number of carbonyl (C=O) groups is 1. The van der Waals surface area contributed by atoms with E-state index in [4.69, 9.17) is 21.1 Å². The third-order valence-electron chi connectivity index (χ3n) is 6.00. The molecule has 0 spiro atoms. The molecule has 1 amide bonds. The molecule has 182 valence electrons. The minimum absolute atomic E-state index is 0.0878. The van der Waals surface area contributed by atoms with Crippen LogP contribution in [0.25, 0.3) is 6.08 Å². The van der Waals surface area contributed by atoms with E-state index in [0.29, 0.717) is 68.9 Å². The van der Waals surface area contributed by atoms with Gasteiger partial charge in [0, 0.05) is 50.4 Å². The first-order valence-corrected chi connectivity index (χ1v) is 12.9. The van der Waals surface area contributed by atoms with E-state index >= 15 is 0 Å². The van der Waals surface area contributed by atoms with E-state index in [1.54, 1.807) is 42.4 Å². The fourth-order valence-electron chi connectivity index (χ4n) is 4.06. The maximum atomic E-state index is 13.1. The van der Waals surface area contributed by atoms with Crippen molar-refractivity contribution in [2.75, 3.05) is 64.5 Å². The molecule has 0 saturated carbocycles. The topological polar surface area (TPSA) is 79.4 Å². The maximum Gasteiger partial charge on any atom is 0.246 e. The Labute approximate surface area is 205 Å². The molecule has 0 aliphatic carbocycles. The third kappa shape index (κ3) is 5.38. The Bertz CT molecular complexity index is 1160. The van der Waals surface area contributed by atoms with Crippen molar-refractivity contribution in [3.8, 4) is 5.75 Å². The maximum absolute atomic E-state index is 13.1. The number of piperazine rings is 1. The predicted molar refractivity (Wildman–Crippen MR) is 132 cm³/mol. The van der Waals surface area contributed by atoms with Crippen LogP contribution >= 0.6 is 11.6 Å². The van der Waals surface area contributed by atoms with Crippen LogP contribution in [0, 0.1) is 0 Å². The van der Waals surface area contributed by atoms with E-state index in [-0.39, 0.29) is 10.8 Å². The van der Waals surface area contributed by atoms with Crippen molar-refractivity contribution in [2.24, 2.45) is 0 Å². The Balaban J connectivity index is 1.45. The van der Waals surface area contributed by atoms with Gasteiger partial charge in [0.05, 0.1) is 30.9 Å². The number of sulfonamides is 1. The van der Waals surface area contributed by atoms with Gasteiger partial charge in [-0.05, 0) is 35.9 Å². The van der Waals surface area contributed by atoms with Gasteiger partial charge in [0.2, 0.25) is 15.9 Å². The van der Waals surface area contributed by atoms with Crippen LogP contribution in [0.3, 0.4) is 0 Å². The predicted octanol–water partition coefficient (Wildman–Crippen LogP) is 2.73. The van der Waals surface area contributed by atoms with E-state index in [1.807, 2.05) is 18.2 Å². The normalized spacial score (nSPS) is 17.8. The number of ether oxygens (including phenoxy) is 2. The Kier molecular flexibility index (Phi) is 7.77. The van der Waals surface area contributed by atoms with Gasteiger partial charge in [-0.1, -0.05) is 29.8 Å². The number of amides is 1. The molecule has 2 aliphatic heterocycles. The minimum Gasteiger partial charge on any atom is -0.495 e. The van der Waals surface area contributed by atoms with Crippen LogP contribution < -0.4 is 9.64 Å². The molecule has 0 N–H and O–H groups in total. The summed E-state index contributed by atoms with van der Waals surface area (Å²) in [5.41, 5.74) is 1.50. The highest BCUT2D eigenvalue weighted by atomic mass is 35.5. The van der Waals surface area contributed by atoms with Gasteiger partial charge < -0.3 is 19.3 Å². The molecule has 0 unspecified atom stereocenters. The monoisotopic (exact) mass is 505 g/mol. The van der Waals surface area contributed by atoms with Crippen LogP contribution in [0.2, 0.25) is 5.02 Å². The first-order valence-electron chi connectivity index (χ1n) is 11.1. The van der Waals surface area contributed by atoms with Crippen LogP contribution in [0.4, 0.5) is 5.69 Å². The number of halogens is 1. The Morgan fingerprint density at radius 3 is 2.41 bits per heavy atom. The van der Waals surface area contributed by atoms with E-state index in [1.165, 1.54) is 10.4 Å². The van der Waals surface area contributed by atoms with Gasteiger partial charge in [-0.3, -0.25) is 4.79 Å². The van der Waals surface area contributed by atoms with Crippen molar-refractivity contribution in [2.45, 2.75) is 4.90 Å². The molecule has 4 rings (SSSR count). The second-order valence-corrected chi connectivity index (χ2v) is 10.4. The van der Waals surface area contributed by atoms with E-state index < -0.39 is 10.0 Å². The summed E-state index contributed by atoms with van der Waals surface area (Å²) in [6, 6.07) is 12.3. The standard InChI is InChI=1S/C24H28ClN3O5S/c1-32-23-8-7-20(34(30,31)28-14-16-33-17-15-28)18-22(23)26-10-12-27(13-11-26)24(29)9-6-19-4-2-3-5-21(19)25/h2-9,18H,10-17H2,1H3/b9-6+. The van der Waals surface area contributed by atoms with Crippen LogP contribution in [0.5, 0.6) is 5.75 Å². The summed E-state index contributed by atoms with van der Waals surface area (Å²) in [6.45, 7) is 3.60. The number of morpholine rings is 1. The molecule has 2 fully saturated rings. The zero-order chi connectivity index (χ0) is 24.1. The average molecular weight is 506 g/mol. The van der Waals surface area contributed by atoms with Crippen molar-refractivity contribution in [1.82, 2.24) is 9.21 Å². The second-order valence-electron chi connectivity index (χ2n) is 8.02. The molecule has 0 atom stereocenters. The fourth-order valence-corrected chi connectivity index (χ4v) is 5.69. The van der Waals surface area contributed by atoms with E-state index in [0.717, 1.165) is 5.56 Å². The summed E-state index contributed by atoms with van der Waals surface area (Å²) in [5.74, 6) is 0.509. The number of nitrogens with zero attached hydrogens (tertiary/aromatic N) is 3. The number of hydrogen-bond donors (Lipinski definition) is 0. The Hall–Kier alpha value is -2.59. The summed E-state index contributed by atoms with van der Waals surface area (Å²) in [5, 5.41) is 0.593. The largest absolute Gasteiger partial charge is 0.495 e. The number of methoxy groups -OCH3 is 1.